The highest BCUT2D eigenvalue weighted by molar-refractivity contribution is 7.98. The summed E-state index contributed by atoms with van der Waals surface area (Å²) in [5, 5.41) is 20.8. The van der Waals surface area contributed by atoms with E-state index in [4.69, 9.17) is 5.21 Å². The summed E-state index contributed by atoms with van der Waals surface area (Å²) in [7, 11) is 1.47. The second kappa shape index (κ2) is 5.64. The van der Waals surface area contributed by atoms with E-state index in [0.29, 0.717) is 21.1 Å². The number of aromatic nitrogens is 6. The van der Waals surface area contributed by atoms with Crippen LogP contribution in [0.25, 0.3) is 5.69 Å². The van der Waals surface area contributed by atoms with Gasteiger partial charge in [-0.05, 0) is 28.6 Å². The molecule has 114 valence electrons. The Labute approximate surface area is 127 Å². The molecule has 0 spiro atoms. The van der Waals surface area contributed by atoms with E-state index in [1.54, 1.807) is 12.1 Å². The third-order valence-electron chi connectivity index (χ3n) is 2.96. The van der Waals surface area contributed by atoms with Crippen molar-refractivity contribution >= 4 is 11.8 Å². The molecule has 0 radical (unpaired) electrons. The van der Waals surface area contributed by atoms with E-state index in [0.717, 1.165) is 9.36 Å². The fourth-order valence-corrected chi connectivity index (χ4v) is 2.75. The van der Waals surface area contributed by atoms with Gasteiger partial charge in [-0.25, -0.2) is 9.18 Å². The van der Waals surface area contributed by atoms with E-state index in [1.807, 2.05) is 0 Å². The minimum Gasteiger partial charge on any atom is -0.412 e. The average Bonchev–Trinajstić information content (AvgIpc) is 3.05. The van der Waals surface area contributed by atoms with Gasteiger partial charge in [-0.1, -0.05) is 17.8 Å². The fraction of sp³-hybridized carbons (Fsp3) is 0.167. The van der Waals surface area contributed by atoms with Crippen molar-refractivity contribution in [3.8, 4) is 5.69 Å². The molecule has 3 rings (SSSR count). The molecule has 0 aliphatic heterocycles. The standard InChI is InChI=1S/C12H11FN6O2S/c1-17-12(20)19(16-15-17)10-4-2-3-9(13)8(10)7-22-11-5-6-18(21)14-11/h2-6,21H,7H2,1H3. The SMILES string of the molecule is Cn1nnn(-c2cccc(F)c2CSc2ccn(O)n2)c1=O. The summed E-state index contributed by atoms with van der Waals surface area (Å²) in [5.74, 6) is -0.229. The maximum absolute atomic E-state index is 14.1. The van der Waals surface area contributed by atoms with Gasteiger partial charge >= 0.3 is 5.69 Å². The van der Waals surface area contributed by atoms with Crippen molar-refractivity contribution < 1.29 is 9.60 Å². The molecule has 8 nitrogen and oxygen atoms in total. The Morgan fingerprint density at radius 3 is 2.77 bits per heavy atom. The lowest BCUT2D eigenvalue weighted by Crippen LogP contribution is -2.23. The predicted octanol–water partition coefficient (Wildman–Crippen LogP) is 0.831. The molecule has 2 aromatic heterocycles. The van der Waals surface area contributed by atoms with Gasteiger partial charge in [0.1, 0.15) is 10.8 Å². The molecule has 0 amide bonds. The molecule has 0 atom stereocenters. The van der Waals surface area contributed by atoms with Gasteiger partial charge in [0.15, 0.2) is 0 Å². The number of hydrogen-bond acceptors (Lipinski definition) is 6. The van der Waals surface area contributed by atoms with Crippen LogP contribution in [0, 0.1) is 5.82 Å². The molecule has 0 aliphatic rings. The third kappa shape index (κ3) is 2.60. The second-order valence-electron chi connectivity index (χ2n) is 4.40. The van der Waals surface area contributed by atoms with Crippen molar-refractivity contribution in [2.24, 2.45) is 7.05 Å². The third-order valence-corrected chi connectivity index (χ3v) is 3.91. The highest BCUT2D eigenvalue weighted by Gasteiger charge is 2.15. The molecule has 0 bridgehead atoms. The number of thioether (sulfide) groups is 1. The summed E-state index contributed by atoms with van der Waals surface area (Å²) in [6.07, 6.45) is 1.37. The number of hydrogen-bond donors (Lipinski definition) is 1. The molecule has 0 aliphatic carbocycles. The monoisotopic (exact) mass is 322 g/mol. The van der Waals surface area contributed by atoms with Crippen molar-refractivity contribution in [1.82, 2.24) is 29.7 Å². The van der Waals surface area contributed by atoms with Gasteiger partial charge in [-0.3, -0.25) is 0 Å². The van der Waals surface area contributed by atoms with E-state index in [1.165, 1.54) is 37.1 Å². The van der Waals surface area contributed by atoms with Crippen LogP contribution in [0.5, 0.6) is 0 Å². The van der Waals surface area contributed by atoms with Crippen LogP contribution < -0.4 is 5.69 Å². The Balaban J connectivity index is 1.96. The highest BCUT2D eigenvalue weighted by Crippen LogP contribution is 2.26. The molecular weight excluding hydrogens is 311 g/mol. The van der Waals surface area contributed by atoms with Crippen molar-refractivity contribution in [2.45, 2.75) is 10.8 Å². The molecule has 3 aromatic rings. The zero-order chi connectivity index (χ0) is 15.7. The Bertz CT molecular complexity index is 871. The van der Waals surface area contributed by atoms with E-state index >= 15 is 0 Å². The number of tetrazole rings is 1. The molecule has 2 heterocycles. The molecule has 22 heavy (non-hydrogen) atoms. The molecular formula is C12H11FN6O2S. The first kappa shape index (κ1) is 14.3. The van der Waals surface area contributed by atoms with Gasteiger partial charge in [-0.15, -0.1) is 9.94 Å². The van der Waals surface area contributed by atoms with Crippen LogP contribution in [0.4, 0.5) is 4.39 Å². The van der Waals surface area contributed by atoms with E-state index in [9.17, 15) is 9.18 Å². The van der Waals surface area contributed by atoms with Crippen LogP contribution in [0.15, 0.2) is 40.3 Å². The van der Waals surface area contributed by atoms with Crippen molar-refractivity contribution in [2.75, 3.05) is 0 Å². The maximum atomic E-state index is 14.1. The first-order chi connectivity index (χ1) is 10.6. The van der Waals surface area contributed by atoms with Gasteiger partial charge in [0, 0.05) is 18.4 Å². The molecule has 0 unspecified atom stereocenters. The predicted molar refractivity (Wildman–Crippen MR) is 75.5 cm³/mol. The average molecular weight is 322 g/mol. The zero-order valence-electron chi connectivity index (χ0n) is 11.4. The Hall–Kier alpha value is -2.62. The molecule has 1 aromatic carbocycles. The number of halogens is 1. The lowest BCUT2D eigenvalue weighted by Gasteiger charge is -2.08. The van der Waals surface area contributed by atoms with Crippen molar-refractivity contribution in [1.29, 1.82) is 0 Å². The van der Waals surface area contributed by atoms with E-state index in [2.05, 4.69) is 15.5 Å². The fourth-order valence-electron chi connectivity index (χ4n) is 1.87. The van der Waals surface area contributed by atoms with Crippen molar-refractivity contribution in [3.63, 3.8) is 0 Å². The van der Waals surface area contributed by atoms with Crippen LogP contribution in [-0.4, -0.2) is 34.9 Å². The number of nitrogens with zero attached hydrogens (tertiary/aromatic N) is 6. The van der Waals surface area contributed by atoms with E-state index < -0.39 is 11.5 Å². The number of aryl methyl sites for hydroxylation is 1. The van der Waals surface area contributed by atoms with Crippen LogP contribution in [0.1, 0.15) is 5.56 Å². The van der Waals surface area contributed by atoms with Crippen LogP contribution in [0.2, 0.25) is 0 Å². The lowest BCUT2D eigenvalue weighted by atomic mass is 10.2. The van der Waals surface area contributed by atoms with Gasteiger partial charge in [0.25, 0.3) is 0 Å². The van der Waals surface area contributed by atoms with E-state index in [-0.39, 0.29) is 5.75 Å². The molecule has 0 saturated carbocycles. The van der Waals surface area contributed by atoms with Gasteiger partial charge in [0.05, 0.1) is 11.9 Å². The highest BCUT2D eigenvalue weighted by atomic mass is 32.2. The summed E-state index contributed by atoms with van der Waals surface area (Å²) in [5.41, 5.74) is 0.174. The first-order valence-corrected chi connectivity index (χ1v) is 7.19. The lowest BCUT2D eigenvalue weighted by molar-refractivity contribution is 0.145. The largest absolute Gasteiger partial charge is 0.412 e. The summed E-state index contributed by atoms with van der Waals surface area (Å²) < 4.78 is 16.2. The number of benzene rings is 1. The van der Waals surface area contributed by atoms with Crippen LogP contribution in [0.3, 0.4) is 0 Å². The van der Waals surface area contributed by atoms with Crippen LogP contribution in [-0.2, 0) is 12.8 Å². The summed E-state index contributed by atoms with van der Waals surface area (Å²) >= 11 is 1.23. The van der Waals surface area contributed by atoms with Gasteiger partial charge in [0.2, 0.25) is 0 Å². The summed E-state index contributed by atoms with van der Waals surface area (Å²) in [6, 6.07) is 6.01. The normalized spacial score (nSPS) is 11.0. The summed E-state index contributed by atoms with van der Waals surface area (Å²) in [4.78, 5) is 12.6. The minimum atomic E-state index is -0.462. The maximum Gasteiger partial charge on any atom is 0.368 e. The molecule has 0 saturated heterocycles. The van der Waals surface area contributed by atoms with Crippen molar-refractivity contribution in [3.05, 3.63) is 52.3 Å². The Morgan fingerprint density at radius 1 is 1.32 bits per heavy atom. The molecule has 0 fully saturated rings. The topological polar surface area (TPSA) is 90.8 Å². The molecule has 1 N–H and O–H groups in total. The zero-order valence-corrected chi connectivity index (χ0v) is 12.2. The molecule has 10 heteroatoms. The smallest absolute Gasteiger partial charge is 0.368 e. The minimum absolute atomic E-state index is 0.224. The number of rotatable bonds is 4. The second-order valence-corrected chi connectivity index (χ2v) is 5.39. The van der Waals surface area contributed by atoms with Gasteiger partial charge < -0.3 is 5.21 Å². The van der Waals surface area contributed by atoms with Crippen LogP contribution >= 0.6 is 11.8 Å². The Morgan fingerprint density at radius 2 is 2.14 bits per heavy atom. The summed E-state index contributed by atoms with van der Waals surface area (Å²) in [6.45, 7) is 0. The quantitative estimate of drug-likeness (QED) is 0.565. The Kier molecular flexibility index (Phi) is 3.67. The van der Waals surface area contributed by atoms with Gasteiger partial charge in [-0.2, -0.15) is 9.36 Å². The first-order valence-electron chi connectivity index (χ1n) is 6.21.